The van der Waals surface area contributed by atoms with Gasteiger partial charge in [0.1, 0.15) is 6.10 Å². The molecule has 4 nitrogen and oxygen atoms in total. The lowest BCUT2D eigenvalue weighted by Gasteiger charge is -2.51. The molecule has 0 amide bonds. The molecule has 2 heterocycles. The Labute approximate surface area is 97.5 Å². The molecular formula is C12H23NO3. The first kappa shape index (κ1) is 12.3. The van der Waals surface area contributed by atoms with E-state index in [1.54, 1.807) is 0 Å². The maximum Gasteiger partial charge on any atom is 0.104 e. The van der Waals surface area contributed by atoms with E-state index in [2.05, 4.69) is 27.7 Å². The van der Waals surface area contributed by atoms with Crippen LogP contribution in [0.25, 0.3) is 0 Å². The standard InChI is InChI=1S/C12H23NO3/c1-11(2)5-9(15-7-10-8-16-10)6-12(3,4)13(11)14/h9-10,14H,5-8H2,1-4H3/t10-/m1/s1. The number of rotatable bonds is 3. The molecule has 0 saturated carbocycles. The number of hydrogen-bond acceptors (Lipinski definition) is 4. The van der Waals surface area contributed by atoms with Crippen molar-refractivity contribution in [3.63, 3.8) is 0 Å². The molecule has 0 bridgehead atoms. The fourth-order valence-electron chi connectivity index (χ4n) is 2.70. The summed E-state index contributed by atoms with van der Waals surface area (Å²) in [6.07, 6.45) is 2.26. The summed E-state index contributed by atoms with van der Waals surface area (Å²) in [4.78, 5) is 0. The molecule has 1 N–H and O–H groups in total. The van der Waals surface area contributed by atoms with Crippen molar-refractivity contribution in [2.45, 2.75) is 63.8 Å². The van der Waals surface area contributed by atoms with Gasteiger partial charge in [-0.1, -0.05) is 0 Å². The van der Waals surface area contributed by atoms with Crippen LogP contribution in [-0.2, 0) is 9.47 Å². The monoisotopic (exact) mass is 229 g/mol. The van der Waals surface area contributed by atoms with Gasteiger partial charge in [-0.2, -0.15) is 5.06 Å². The summed E-state index contributed by atoms with van der Waals surface area (Å²) in [5.74, 6) is 0. The number of piperidine rings is 1. The van der Waals surface area contributed by atoms with E-state index < -0.39 is 0 Å². The van der Waals surface area contributed by atoms with Crippen LogP contribution in [0.2, 0.25) is 0 Å². The van der Waals surface area contributed by atoms with Gasteiger partial charge in [-0.25, -0.2) is 0 Å². The Morgan fingerprint density at radius 1 is 1.25 bits per heavy atom. The van der Waals surface area contributed by atoms with Gasteiger partial charge in [-0.05, 0) is 40.5 Å². The zero-order valence-electron chi connectivity index (χ0n) is 10.7. The third-order valence-corrected chi connectivity index (χ3v) is 3.52. The summed E-state index contributed by atoms with van der Waals surface area (Å²) in [6.45, 7) is 9.75. The second-order valence-electron chi connectivity index (χ2n) is 6.26. The van der Waals surface area contributed by atoms with E-state index in [9.17, 15) is 5.21 Å². The lowest BCUT2D eigenvalue weighted by atomic mass is 9.80. The molecule has 2 fully saturated rings. The second kappa shape index (κ2) is 3.95. The van der Waals surface area contributed by atoms with Gasteiger partial charge in [0.05, 0.1) is 19.3 Å². The molecule has 1 atom stereocenters. The van der Waals surface area contributed by atoms with Crippen LogP contribution in [-0.4, -0.2) is 46.8 Å². The summed E-state index contributed by atoms with van der Waals surface area (Å²) in [6, 6.07) is 0. The maximum atomic E-state index is 10.1. The largest absolute Gasteiger partial charge is 0.375 e. The summed E-state index contributed by atoms with van der Waals surface area (Å²) in [5.41, 5.74) is -0.451. The molecule has 2 aliphatic heterocycles. The topological polar surface area (TPSA) is 45.2 Å². The average molecular weight is 229 g/mol. The first-order valence-corrected chi connectivity index (χ1v) is 6.04. The van der Waals surface area contributed by atoms with Crippen LogP contribution < -0.4 is 0 Å². The third-order valence-electron chi connectivity index (χ3n) is 3.52. The SMILES string of the molecule is CC1(C)CC(OC[C@@H]2CO2)CC(C)(C)N1O. The van der Waals surface area contributed by atoms with Gasteiger partial charge in [0.15, 0.2) is 0 Å². The molecule has 0 aromatic rings. The highest BCUT2D eigenvalue weighted by Gasteiger charge is 2.45. The second-order valence-corrected chi connectivity index (χ2v) is 6.26. The molecule has 2 saturated heterocycles. The minimum absolute atomic E-state index is 0.220. The summed E-state index contributed by atoms with van der Waals surface area (Å²) in [5, 5.41) is 11.6. The van der Waals surface area contributed by atoms with E-state index in [0.717, 1.165) is 19.4 Å². The van der Waals surface area contributed by atoms with E-state index in [1.165, 1.54) is 5.06 Å². The maximum absolute atomic E-state index is 10.1. The van der Waals surface area contributed by atoms with Crippen molar-refractivity contribution < 1.29 is 14.7 Å². The smallest absolute Gasteiger partial charge is 0.104 e. The lowest BCUT2D eigenvalue weighted by Crippen LogP contribution is -2.60. The number of nitrogens with zero attached hydrogens (tertiary/aromatic N) is 1. The predicted molar refractivity (Wildman–Crippen MR) is 60.5 cm³/mol. The van der Waals surface area contributed by atoms with Crippen molar-refractivity contribution in [1.82, 2.24) is 5.06 Å². The first-order valence-electron chi connectivity index (χ1n) is 6.04. The van der Waals surface area contributed by atoms with Crippen LogP contribution >= 0.6 is 0 Å². The number of epoxide rings is 1. The Morgan fingerprint density at radius 2 is 1.75 bits per heavy atom. The molecule has 94 valence electrons. The third kappa shape index (κ3) is 2.56. The minimum Gasteiger partial charge on any atom is -0.375 e. The van der Waals surface area contributed by atoms with E-state index in [4.69, 9.17) is 9.47 Å². The van der Waals surface area contributed by atoms with Crippen LogP contribution in [0, 0.1) is 0 Å². The van der Waals surface area contributed by atoms with Crippen LogP contribution in [0.1, 0.15) is 40.5 Å². The normalized spacial score (nSPS) is 33.9. The van der Waals surface area contributed by atoms with E-state index in [1.807, 2.05) is 0 Å². The Hall–Kier alpha value is -0.160. The lowest BCUT2D eigenvalue weighted by molar-refractivity contribution is -0.261. The highest BCUT2D eigenvalue weighted by atomic mass is 16.6. The highest BCUT2D eigenvalue weighted by molar-refractivity contribution is 4.96. The Balaban J connectivity index is 1.94. The van der Waals surface area contributed by atoms with Gasteiger partial charge in [0, 0.05) is 11.1 Å². The minimum atomic E-state index is -0.225. The Morgan fingerprint density at radius 3 is 2.19 bits per heavy atom. The molecule has 0 radical (unpaired) electrons. The molecule has 0 spiro atoms. The average Bonchev–Trinajstić information content (AvgIpc) is 2.93. The fourth-order valence-corrected chi connectivity index (χ4v) is 2.70. The molecule has 0 aromatic heterocycles. The van der Waals surface area contributed by atoms with Crippen molar-refractivity contribution in [3.8, 4) is 0 Å². The van der Waals surface area contributed by atoms with Gasteiger partial charge >= 0.3 is 0 Å². The molecule has 0 aromatic carbocycles. The summed E-state index contributed by atoms with van der Waals surface area (Å²) >= 11 is 0. The van der Waals surface area contributed by atoms with E-state index in [0.29, 0.717) is 12.7 Å². The van der Waals surface area contributed by atoms with Crippen molar-refractivity contribution in [2.75, 3.05) is 13.2 Å². The Kier molecular flexibility index (Phi) is 3.03. The summed E-state index contributed by atoms with van der Waals surface area (Å²) < 4.78 is 11.0. The summed E-state index contributed by atoms with van der Waals surface area (Å²) in [7, 11) is 0. The molecular weight excluding hydrogens is 206 g/mol. The van der Waals surface area contributed by atoms with Crippen molar-refractivity contribution >= 4 is 0 Å². The van der Waals surface area contributed by atoms with Crippen molar-refractivity contribution in [1.29, 1.82) is 0 Å². The predicted octanol–water partition coefficient (Wildman–Crippen LogP) is 1.81. The fraction of sp³-hybridized carbons (Fsp3) is 1.00. The number of hydrogen-bond donors (Lipinski definition) is 1. The Bertz CT molecular complexity index is 243. The zero-order valence-corrected chi connectivity index (χ0v) is 10.7. The molecule has 2 rings (SSSR count). The van der Waals surface area contributed by atoms with Gasteiger partial charge in [0.2, 0.25) is 0 Å². The van der Waals surface area contributed by atoms with Gasteiger partial charge in [-0.15, -0.1) is 0 Å². The van der Waals surface area contributed by atoms with Crippen molar-refractivity contribution in [2.24, 2.45) is 0 Å². The molecule has 0 unspecified atom stereocenters. The van der Waals surface area contributed by atoms with E-state index >= 15 is 0 Å². The van der Waals surface area contributed by atoms with Crippen LogP contribution in [0.3, 0.4) is 0 Å². The van der Waals surface area contributed by atoms with Crippen LogP contribution in [0.5, 0.6) is 0 Å². The number of hydroxylamine groups is 2. The van der Waals surface area contributed by atoms with Crippen LogP contribution in [0.4, 0.5) is 0 Å². The van der Waals surface area contributed by atoms with E-state index in [-0.39, 0.29) is 17.2 Å². The van der Waals surface area contributed by atoms with Gasteiger partial charge < -0.3 is 14.7 Å². The quantitative estimate of drug-likeness (QED) is 0.750. The van der Waals surface area contributed by atoms with Crippen molar-refractivity contribution in [3.05, 3.63) is 0 Å². The number of ether oxygens (including phenoxy) is 2. The highest BCUT2D eigenvalue weighted by Crippen LogP contribution is 2.38. The molecule has 16 heavy (non-hydrogen) atoms. The zero-order chi connectivity index (χ0) is 12.0. The van der Waals surface area contributed by atoms with Gasteiger partial charge in [-0.3, -0.25) is 0 Å². The molecule has 4 heteroatoms. The van der Waals surface area contributed by atoms with Crippen LogP contribution in [0.15, 0.2) is 0 Å². The molecule has 0 aliphatic carbocycles. The first-order chi connectivity index (χ1) is 7.31. The molecule has 2 aliphatic rings. The van der Waals surface area contributed by atoms with Gasteiger partial charge in [0.25, 0.3) is 0 Å².